The third-order valence-electron chi connectivity index (χ3n) is 4.63. The largest absolute Gasteiger partial charge is 0.393 e. The number of aromatic nitrogens is 3. The van der Waals surface area contributed by atoms with Gasteiger partial charge in [-0.25, -0.2) is 9.97 Å². The second-order valence-corrected chi connectivity index (χ2v) is 6.55. The lowest BCUT2D eigenvalue weighted by molar-refractivity contribution is 0.979. The second-order valence-electron chi connectivity index (χ2n) is 6.55. The van der Waals surface area contributed by atoms with Crippen molar-refractivity contribution >= 4 is 39.6 Å². The second kappa shape index (κ2) is 7.52. The van der Waals surface area contributed by atoms with Gasteiger partial charge >= 0.3 is 0 Å². The third kappa shape index (κ3) is 3.32. The Bertz CT molecular complexity index is 1120. The maximum atomic E-state index is 6.48. The van der Waals surface area contributed by atoms with Gasteiger partial charge in [0.2, 0.25) is 0 Å². The number of pyridine rings is 1. The highest BCUT2D eigenvalue weighted by atomic mass is 15.2. The van der Waals surface area contributed by atoms with Crippen LogP contribution in [0.5, 0.6) is 0 Å². The number of nitrogen functional groups attached to an aromatic ring is 1. The van der Waals surface area contributed by atoms with Crippen LogP contribution >= 0.6 is 0 Å². The fourth-order valence-electron chi connectivity index (χ4n) is 3.28. The number of rotatable bonds is 5. The van der Waals surface area contributed by atoms with Crippen molar-refractivity contribution in [3.63, 3.8) is 0 Å². The van der Waals surface area contributed by atoms with Crippen LogP contribution in [0.3, 0.4) is 0 Å². The van der Waals surface area contributed by atoms with Crippen molar-refractivity contribution < 1.29 is 0 Å². The van der Waals surface area contributed by atoms with E-state index in [0.717, 1.165) is 28.8 Å². The molecule has 0 radical (unpaired) electrons. The summed E-state index contributed by atoms with van der Waals surface area (Å²) in [6.45, 7) is 4.88. The van der Waals surface area contributed by atoms with Gasteiger partial charge in [0, 0.05) is 23.8 Å². The van der Waals surface area contributed by atoms with E-state index in [4.69, 9.17) is 5.73 Å². The van der Waals surface area contributed by atoms with Crippen molar-refractivity contribution in [2.75, 3.05) is 22.5 Å². The minimum atomic E-state index is 0.499. The molecule has 2 heterocycles. The lowest BCUT2D eigenvalue weighted by Crippen LogP contribution is -2.20. The standard InChI is InChI=1S/C22H22N6/c1-3-28(17-10-4-7-15(2)13-17)22-19(23)21(25-14-26-22)27-18-11-5-8-16-9-6-12-24-20(16)18/h4-14H,3,23H2,1-2H3,(H,25,26,27). The SMILES string of the molecule is CCN(c1cccc(C)c1)c1ncnc(Nc2cccc3cccnc23)c1N. The highest BCUT2D eigenvalue weighted by Gasteiger charge is 2.16. The van der Waals surface area contributed by atoms with Crippen LogP contribution in [-0.2, 0) is 0 Å². The quantitative estimate of drug-likeness (QED) is 0.524. The summed E-state index contributed by atoms with van der Waals surface area (Å²) >= 11 is 0. The minimum absolute atomic E-state index is 0.499. The van der Waals surface area contributed by atoms with Crippen LogP contribution in [0.4, 0.5) is 28.7 Å². The molecule has 0 atom stereocenters. The lowest BCUT2D eigenvalue weighted by atomic mass is 10.2. The van der Waals surface area contributed by atoms with Crippen LogP contribution in [0.25, 0.3) is 10.9 Å². The van der Waals surface area contributed by atoms with Gasteiger partial charge in [0.15, 0.2) is 11.6 Å². The number of benzene rings is 2. The number of nitrogens with zero attached hydrogens (tertiary/aromatic N) is 4. The van der Waals surface area contributed by atoms with Gasteiger partial charge in [-0.05, 0) is 43.7 Å². The minimum Gasteiger partial charge on any atom is -0.393 e. The zero-order chi connectivity index (χ0) is 19.5. The van der Waals surface area contributed by atoms with Crippen molar-refractivity contribution in [1.29, 1.82) is 0 Å². The first-order chi connectivity index (χ1) is 13.7. The van der Waals surface area contributed by atoms with Gasteiger partial charge in [0.05, 0.1) is 11.2 Å². The molecule has 2 aromatic heterocycles. The maximum absolute atomic E-state index is 6.48. The van der Waals surface area contributed by atoms with Crippen LogP contribution < -0.4 is 16.0 Å². The molecule has 0 aliphatic carbocycles. The van der Waals surface area contributed by atoms with E-state index >= 15 is 0 Å². The highest BCUT2D eigenvalue weighted by Crippen LogP contribution is 2.34. The predicted molar refractivity (Wildman–Crippen MR) is 115 cm³/mol. The first-order valence-corrected chi connectivity index (χ1v) is 9.23. The molecule has 0 spiro atoms. The summed E-state index contributed by atoms with van der Waals surface area (Å²) in [6, 6.07) is 18.2. The molecular formula is C22H22N6. The topological polar surface area (TPSA) is 80.0 Å². The van der Waals surface area contributed by atoms with E-state index in [1.54, 1.807) is 6.20 Å². The van der Waals surface area contributed by atoms with E-state index in [9.17, 15) is 0 Å². The van der Waals surface area contributed by atoms with Crippen LogP contribution in [0.15, 0.2) is 67.1 Å². The van der Waals surface area contributed by atoms with Crippen LogP contribution in [0, 0.1) is 6.92 Å². The zero-order valence-corrected chi connectivity index (χ0v) is 15.9. The molecule has 2 aromatic carbocycles. The van der Waals surface area contributed by atoms with Crippen molar-refractivity contribution in [3.05, 3.63) is 72.7 Å². The van der Waals surface area contributed by atoms with Gasteiger partial charge in [0.1, 0.15) is 12.0 Å². The van der Waals surface area contributed by atoms with Gasteiger partial charge in [-0.2, -0.15) is 0 Å². The van der Waals surface area contributed by atoms with E-state index in [1.807, 2.05) is 36.4 Å². The van der Waals surface area contributed by atoms with E-state index in [-0.39, 0.29) is 0 Å². The molecule has 6 heteroatoms. The fourth-order valence-corrected chi connectivity index (χ4v) is 3.28. The number of fused-ring (bicyclic) bond motifs is 1. The number of hydrogen-bond donors (Lipinski definition) is 2. The summed E-state index contributed by atoms with van der Waals surface area (Å²) in [5.41, 5.74) is 10.9. The number of anilines is 5. The Labute approximate surface area is 164 Å². The molecule has 0 unspecified atom stereocenters. The van der Waals surface area contributed by atoms with E-state index < -0.39 is 0 Å². The summed E-state index contributed by atoms with van der Waals surface area (Å²) in [5, 5.41) is 4.38. The number of aryl methyl sites for hydroxylation is 1. The lowest BCUT2D eigenvalue weighted by Gasteiger charge is -2.24. The van der Waals surface area contributed by atoms with E-state index in [2.05, 4.69) is 57.2 Å². The molecule has 0 aliphatic heterocycles. The number of para-hydroxylation sites is 1. The number of nitrogens with two attached hydrogens (primary N) is 1. The van der Waals surface area contributed by atoms with Crippen molar-refractivity contribution in [2.45, 2.75) is 13.8 Å². The van der Waals surface area contributed by atoms with Crippen LogP contribution in [0.2, 0.25) is 0 Å². The molecular weight excluding hydrogens is 348 g/mol. The number of hydrogen-bond acceptors (Lipinski definition) is 6. The third-order valence-corrected chi connectivity index (χ3v) is 4.63. The molecule has 0 amide bonds. The molecule has 4 aromatic rings. The molecule has 0 saturated carbocycles. The molecule has 0 bridgehead atoms. The average molecular weight is 370 g/mol. The van der Waals surface area contributed by atoms with Crippen molar-refractivity contribution in [1.82, 2.24) is 15.0 Å². The zero-order valence-electron chi connectivity index (χ0n) is 15.9. The Morgan fingerprint density at radius 2 is 1.82 bits per heavy atom. The summed E-state index contributed by atoms with van der Waals surface area (Å²) in [6.07, 6.45) is 3.31. The van der Waals surface area contributed by atoms with Crippen molar-refractivity contribution in [3.8, 4) is 0 Å². The summed E-state index contributed by atoms with van der Waals surface area (Å²) in [5.74, 6) is 1.24. The van der Waals surface area contributed by atoms with E-state index in [1.165, 1.54) is 11.9 Å². The monoisotopic (exact) mass is 370 g/mol. The summed E-state index contributed by atoms with van der Waals surface area (Å²) in [4.78, 5) is 15.4. The predicted octanol–water partition coefficient (Wildman–Crippen LogP) is 4.82. The van der Waals surface area contributed by atoms with Gasteiger partial charge in [-0.3, -0.25) is 4.98 Å². The van der Waals surface area contributed by atoms with Gasteiger partial charge in [-0.15, -0.1) is 0 Å². The Hall–Kier alpha value is -3.67. The highest BCUT2D eigenvalue weighted by molar-refractivity contribution is 5.93. The summed E-state index contributed by atoms with van der Waals surface area (Å²) in [7, 11) is 0. The molecule has 0 fully saturated rings. The molecule has 28 heavy (non-hydrogen) atoms. The fraction of sp³-hybridized carbons (Fsp3) is 0.136. The molecule has 4 rings (SSSR count). The first-order valence-electron chi connectivity index (χ1n) is 9.23. The van der Waals surface area contributed by atoms with Gasteiger partial charge in [-0.1, -0.05) is 30.3 Å². The van der Waals surface area contributed by atoms with Gasteiger partial charge < -0.3 is 16.0 Å². The van der Waals surface area contributed by atoms with Crippen molar-refractivity contribution in [2.24, 2.45) is 0 Å². The average Bonchev–Trinajstić information content (AvgIpc) is 2.71. The Morgan fingerprint density at radius 1 is 1.00 bits per heavy atom. The van der Waals surface area contributed by atoms with Crippen LogP contribution in [0.1, 0.15) is 12.5 Å². The Kier molecular flexibility index (Phi) is 4.76. The van der Waals surface area contributed by atoms with E-state index in [0.29, 0.717) is 17.3 Å². The van der Waals surface area contributed by atoms with Crippen LogP contribution in [-0.4, -0.2) is 21.5 Å². The Balaban J connectivity index is 1.74. The maximum Gasteiger partial charge on any atom is 0.161 e. The molecule has 140 valence electrons. The summed E-state index contributed by atoms with van der Waals surface area (Å²) < 4.78 is 0. The van der Waals surface area contributed by atoms with Gasteiger partial charge in [0.25, 0.3) is 0 Å². The molecule has 0 aliphatic rings. The smallest absolute Gasteiger partial charge is 0.161 e. The molecule has 0 saturated heterocycles. The normalized spacial score (nSPS) is 10.8. The number of nitrogens with one attached hydrogen (secondary N) is 1. The first kappa shape index (κ1) is 17.7. The molecule has 6 nitrogen and oxygen atoms in total. The Morgan fingerprint density at radius 3 is 2.64 bits per heavy atom. The molecule has 3 N–H and O–H groups in total.